The highest BCUT2D eigenvalue weighted by atomic mass is 16.5. The molecule has 1 aliphatic carbocycles. The topological polar surface area (TPSA) is 73.1 Å². The summed E-state index contributed by atoms with van der Waals surface area (Å²) in [4.78, 5) is 18.8. The van der Waals surface area contributed by atoms with Gasteiger partial charge in [-0.3, -0.25) is 14.5 Å². The Balaban J connectivity index is 1.57. The van der Waals surface area contributed by atoms with Crippen LogP contribution in [0.3, 0.4) is 0 Å². The highest BCUT2D eigenvalue weighted by Crippen LogP contribution is 2.32. The Bertz CT molecular complexity index is 726. The summed E-state index contributed by atoms with van der Waals surface area (Å²) in [7, 11) is 1.90. The fourth-order valence-corrected chi connectivity index (χ4v) is 3.17. The van der Waals surface area contributed by atoms with E-state index in [1.165, 1.54) is 12.8 Å². The summed E-state index contributed by atoms with van der Waals surface area (Å²) in [6.45, 7) is 1.87. The van der Waals surface area contributed by atoms with Crippen molar-refractivity contribution in [1.82, 2.24) is 24.9 Å². The van der Waals surface area contributed by atoms with Gasteiger partial charge in [0.25, 0.3) is 5.91 Å². The van der Waals surface area contributed by atoms with Crippen molar-refractivity contribution in [2.45, 2.75) is 25.3 Å². The van der Waals surface area contributed by atoms with Crippen molar-refractivity contribution in [2.75, 3.05) is 19.8 Å². The molecule has 1 unspecified atom stereocenters. The summed E-state index contributed by atoms with van der Waals surface area (Å²) >= 11 is 0. The Kier molecular flexibility index (Phi) is 4.02. The minimum atomic E-state index is -0.186. The Morgan fingerprint density at radius 2 is 2.25 bits per heavy atom. The predicted octanol–water partition coefficient (Wildman–Crippen LogP) is 1.38. The third kappa shape index (κ3) is 2.91. The summed E-state index contributed by atoms with van der Waals surface area (Å²) in [5, 5.41) is 8.43. The van der Waals surface area contributed by atoms with E-state index >= 15 is 0 Å². The van der Waals surface area contributed by atoms with Gasteiger partial charge in [0, 0.05) is 39.0 Å². The van der Waals surface area contributed by atoms with E-state index in [4.69, 9.17) is 4.74 Å². The number of carbonyl (C=O) groups is 1. The maximum Gasteiger partial charge on any atom is 0.256 e. The average molecular weight is 327 g/mol. The van der Waals surface area contributed by atoms with Gasteiger partial charge in [-0.2, -0.15) is 0 Å². The van der Waals surface area contributed by atoms with Crippen LogP contribution in [0.25, 0.3) is 0 Å². The Morgan fingerprint density at radius 3 is 3.00 bits per heavy atom. The fraction of sp³-hybridized carbons (Fsp3) is 0.529. The molecule has 1 fully saturated rings. The SMILES string of the molecule is Cn1nnc2c1CCN(C(=O)c1cccnc1)C2COCC1CC1. The fourth-order valence-electron chi connectivity index (χ4n) is 3.17. The molecule has 2 aromatic heterocycles. The molecule has 0 saturated heterocycles. The zero-order chi connectivity index (χ0) is 16.5. The van der Waals surface area contributed by atoms with Gasteiger partial charge in [0.15, 0.2) is 0 Å². The molecule has 126 valence electrons. The van der Waals surface area contributed by atoms with Gasteiger partial charge >= 0.3 is 0 Å². The van der Waals surface area contributed by atoms with Crippen molar-refractivity contribution in [1.29, 1.82) is 0 Å². The molecule has 7 nitrogen and oxygen atoms in total. The molecule has 7 heteroatoms. The van der Waals surface area contributed by atoms with E-state index in [0.717, 1.165) is 24.4 Å². The smallest absolute Gasteiger partial charge is 0.256 e. The molecule has 0 N–H and O–H groups in total. The van der Waals surface area contributed by atoms with Crippen LogP contribution < -0.4 is 0 Å². The van der Waals surface area contributed by atoms with E-state index in [9.17, 15) is 4.79 Å². The highest BCUT2D eigenvalue weighted by Gasteiger charge is 2.35. The standard InChI is InChI=1S/C17H21N5O2/c1-21-14-6-8-22(17(23)13-3-2-7-18-9-13)15(16(14)19-20-21)11-24-10-12-4-5-12/h2-3,7,9,12,15H,4-6,8,10-11H2,1H3. The third-order valence-corrected chi connectivity index (χ3v) is 4.75. The van der Waals surface area contributed by atoms with Gasteiger partial charge in [-0.1, -0.05) is 5.21 Å². The predicted molar refractivity (Wildman–Crippen MR) is 86.3 cm³/mol. The van der Waals surface area contributed by atoms with Crippen LogP contribution in [-0.4, -0.2) is 50.5 Å². The molecule has 1 aliphatic heterocycles. The highest BCUT2D eigenvalue weighted by molar-refractivity contribution is 5.94. The Morgan fingerprint density at radius 1 is 1.38 bits per heavy atom. The second-order valence-electron chi connectivity index (χ2n) is 6.53. The number of hydrogen-bond donors (Lipinski definition) is 0. The van der Waals surface area contributed by atoms with Crippen LogP contribution in [-0.2, 0) is 18.2 Å². The van der Waals surface area contributed by atoms with Crippen LogP contribution in [0.15, 0.2) is 24.5 Å². The van der Waals surface area contributed by atoms with Crippen LogP contribution in [0, 0.1) is 5.92 Å². The monoisotopic (exact) mass is 327 g/mol. The van der Waals surface area contributed by atoms with Crippen molar-refractivity contribution in [2.24, 2.45) is 13.0 Å². The first kappa shape index (κ1) is 15.3. The molecule has 2 aromatic rings. The van der Waals surface area contributed by atoms with Crippen molar-refractivity contribution in [3.8, 4) is 0 Å². The minimum absolute atomic E-state index is 0.0283. The molecule has 1 atom stereocenters. The van der Waals surface area contributed by atoms with E-state index in [1.807, 2.05) is 11.9 Å². The number of pyridine rings is 1. The molecule has 0 radical (unpaired) electrons. The lowest BCUT2D eigenvalue weighted by Gasteiger charge is -2.34. The maximum absolute atomic E-state index is 12.9. The van der Waals surface area contributed by atoms with Crippen LogP contribution in [0.4, 0.5) is 0 Å². The molecule has 0 bridgehead atoms. The van der Waals surface area contributed by atoms with Crippen LogP contribution in [0.2, 0.25) is 0 Å². The van der Waals surface area contributed by atoms with Gasteiger partial charge in [0.05, 0.1) is 17.9 Å². The number of nitrogens with zero attached hydrogens (tertiary/aromatic N) is 5. The maximum atomic E-state index is 12.9. The molecule has 3 heterocycles. The van der Waals surface area contributed by atoms with Crippen LogP contribution >= 0.6 is 0 Å². The number of carbonyl (C=O) groups excluding carboxylic acids is 1. The quantitative estimate of drug-likeness (QED) is 0.829. The van der Waals surface area contributed by atoms with Crippen molar-refractivity contribution in [3.05, 3.63) is 41.5 Å². The van der Waals surface area contributed by atoms with Crippen molar-refractivity contribution in [3.63, 3.8) is 0 Å². The lowest BCUT2D eigenvalue weighted by molar-refractivity contribution is 0.0355. The van der Waals surface area contributed by atoms with Gasteiger partial charge in [-0.15, -0.1) is 5.10 Å². The molecule has 1 amide bonds. The zero-order valence-electron chi connectivity index (χ0n) is 13.8. The number of fused-ring (bicyclic) bond motifs is 1. The second-order valence-corrected chi connectivity index (χ2v) is 6.53. The average Bonchev–Trinajstić information content (AvgIpc) is 3.37. The molecule has 1 saturated carbocycles. The Labute approximate surface area is 140 Å². The summed E-state index contributed by atoms with van der Waals surface area (Å²) in [5.41, 5.74) is 2.54. The van der Waals surface area contributed by atoms with E-state index in [1.54, 1.807) is 29.2 Å². The van der Waals surface area contributed by atoms with Gasteiger partial charge in [0.1, 0.15) is 11.7 Å². The van der Waals surface area contributed by atoms with E-state index in [2.05, 4.69) is 15.3 Å². The van der Waals surface area contributed by atoms with E-state index in [0.29, 0.717) is 24.6 Å². The lowest BCUT2D eigenvalue weighted by atomic mass is 10.0. The molecular weight excluding hydrogens is 306 g/mol. The third-order valence-electron chi connectivity index (χ3n) is 4.75. The summed E-state index contributed by atoms with van der Waals surface area (Å²) in [6, 6.07) is 3.39. The number of aryl methyl sites for hydroxylation is 1. The first-order valence-corrected chi connectivity index (χ1v) is 8.41. The number of rotatable bonds is 5. The molecule has 24 heavy (non-hydrogen) atoms. The van der Waals surface area contributed by atoms with E-state index in [-0.39, 0.29) is 11.9 Å². The first-order valence-electron chi connectivity index (χ1n) is 8.41. The second kappa shape index (κ2) is 6.32. The molecule has 0 spiro atoms. The summed E-state index contributed by atoms with van der Waals surface area (Å²) < 4.78 is 7.69. The minimum Gasteiger partial charge on any atom is -0.379 e. The largest absolute Gasteiger partial charge is 0.379 e. The van der Waals surface area contributed by atoms with Gasteiger partial charge in [0.2, 0.25) is 0 Å². The molecule has 4 rings (SSSR count). The van der Waals surface area contributed by atoms with Crippen molar-refractivity contribution >= 4 is 5.91 Å². The van der Waals surface area contributed by atoms with Crippen molar-refractivity contribution < 1.29 is 9.53 Å². The zero-order valence-corrected chi connectivity index (χ0v) is 13.8. The van der Waals surface area contributed by atoms with Crippen LogP contribution in [0.5, 0.6) is 0 Å². The summed E-state index contributed by atoms with van der Waals surface area (Å²) in [6.07, 6.45) is 6.53. The normalized spacial score (nSPS) is 20.0. The van der Waals surface area contributed by atoms with Gasteiger partial charge < -0.3 is 9.64 Å². The van der Waals surface area contributed by atoms with E-state index < -0.39 is 0 Å². The lowest BCUT2D eigenvalue weighted by Crippen LogP contribution is -2.42. The number of hydrogen-bond acceptors (Lipinski definition) is 5. The molecule has 2 aliphatic rings. The summed E-state index contributed by atoms with van der Waals surface area (Å²) in [5.74, 6) is 0.664. The number of aromatic nitrogens is 4. The first-order chi connectivity index (χ1) is 11.7. The number of amides is 1. The van der Waals surface area contributed by atoms with Gasteiger partial charge in [-0.05, 0) is 30.9 Å². The van der Waals surface area contributed by atoms with Gasteiger partial charge in [-0.25, -0.2) is 0 Å². The molecular formula is C17H21N5O2. The number of ether oxygens (including phenoxy) is 1. The van der Waals surface area contributed by atoms with Crippen LogP contribution in [0.1, 0.15) is 40.6 Å². The Hall–Kier alpha value is -2.28. The molecule has 0 aromatic carbocycles.